The Kier molecular flexibility index (Phi) is 11.0. The fraction of sp³-hybridized carbons (Fsp3) is 0.143. The first-order chi connectivity index (χ1) is 27.1. The highest BCUT2D eigenvalue weighted by Gasteiger charge is 2.21. The highest BCUT2D eigenvalue weighted by atomic mass is 32.1. The molecule has 4 heterocycles. The van der Waals surface area contributed by atoms with Crippen molar-refractivity contribution in [3.8, 4) is 33.0 Å². The van der Waals surface area contributed by atoms with Crippen LogP contribution in [-0.2, 0) is 13.2 Å². The summed E-state index contributed by atoms with van der Waals surface area (Å²) in [6.45, 7) is 4.62. The van der Waals surface area contributed by atoms with Gasteiger partial charge in [0.05, 0.1) is 36.3 Å². The van der Waals surface area contributed by atoms with Crippen LogP contribution in [0.25, 0.3) is 32.1 Å². The molecule has 4 aromatic heterocycles. The topological polar surface area (TPSA) is 147 Å². The molecule has 8 rings (SSSR count). The van der Waals surface area contributed by atoms with Crippen molar-refractivity contribution < 1.29 is 38.7 Å². The summed E-state index contributed by atoms with van der Waals surface area (Å²) in [5.74, 6) is 0.101. The zero-order valence-corrected chi connectivity index (χ0v) is 32.4. The average molecular weight is 789 g/mol. The number of aryl methyl sites for hydroxylation is 2. The summed E-state index contributed by atoms with van der Waals surface area (Å²) < 4.78 is 26.0. The number of fused-ring (bicyclic) bond motifs is 2. The quantitative estimate of drug-likeness (QED) is 0.123. The van der Waals surface area contributed by atoms with E-state index in [9.17, 15) is 19.8 Å². The van der Waals surface area contributed by atoms with Gasteiger partial charge >= 0.3 is 11.9 Å². The fourth-order valence-corrected chi connectivity index (χ4v) is 7.76. The van der Waals surface area contributed by atoms with E-state index >= 15 is 0 Å². The first-order valence-electron chi connectivity index (χ1n) is 17.2. The third kappa shape index (κ3) is 7.92. The Morgan fingerprint density at radius 1 is 0.607 bits per heavy atom. The third-order valence-corrected chi connectivity index (χ3v) is 11.2. The predicted octanol–water partition coefficient (Wildman–Crippen LogP) is 9.36. The average Bonchev–Trinajstić information content (AvgIpc) is 4.01. The van der Waals surface area contributed by atoms with Crippen molar-refractivity contribution in [2.24, 2.45) is 0 Å². The van der Waals surface area contributed by atoms with Crippen LogP contribution >= 0.6 is 22.7 Å². The number of methoxy groups -OCH3 is 2. The molecule has 0 atom stereocenters. The second-order valence-corrected chi connectivity index (χ2v) is 14.6. The van der Waals surface area contributed by atoms with Gasteiger partial charge in [0, 0.05) is 24.3 Å². The summed E-state index contributed by atoms with van der Waals surface area (Å²) >= 11 is 2.31. The first-order valence-corrected chi connectivity index (χ1v) is 18.9. The van der Waals surface area contributed by atoms with Crippen molar-refractivity contribution in [3.63, 3.8) is 0 Å². The van der Waals surface area contributed by atoms with E-state index in [1.165, 1.54) is 0 Å². The van der Waals surface area contributed by atoms with Crippen LogP contribution in [-0.4, -0.2) is 55.5 Å². The minimum Gasteiger partial charge on any atom is -0.497 e. The largest absolute Gasteiger partial charge is 0.497 e. The molecule has 284 valence electrons. The van der Waals surface area contributed by atoms with E-state index in [1.54, 1.807) is 39.0 Å². The van der Waals surface area contributed by atoms with E-state index in [2.05, 4.69) is 9.97 Å². The number of hydrogen-bond acceptors (Lipinski definition) is 10. The van der Waals surface area contributed by atoms with Gasteiger partial charge in [-0.25, -0.2) is 19.6 Å². The van der Waals surface area contributed by atoms with Crippen LogP contribution in [0.3, 0.4) is 0 Å². The van der Waals surface area contributed by atoms with Gasteiger partial charge in [0.15, 0.2) is 9.75 Å². The van der Waals surface area contributed by atoms with Gasteiger partial charge in [-0.1, -0.05) is 48.5 Å². The lowest BCUT2D eigenvalue weighted by Gasteiger charge is -2.07. The molecular formula is C42H36N4O8S2. The van der Waals surface area contributed by atoms with Crippen LogP contribution in [0.2, 0.25) is 0 Å². The molecular weight excluding hydrogens is 753 g/mol. The number of aromatic carboxylic acids is 2. The summed E-state index contributed by atoms with van der Waals surface area (Å²) in [7, 11) is 3.21. The van der Waals surface area contributed by atoms with Gasteiger partial charge in [0.1, 0.15) is 58.9 Å². The number of aromatic nitrogens is 4. The summed E-state index contributed by atoms with van der Waals surface area (Å²) in [5.41, 5.74) is 7.51. The Morgan fingerprint density at radius 3 is 1.61 bits per heavy atom. The first kappa shape index (κ1) is 37.7. The number of thiophene rings is 2. The lowest BCUT2D eigenvalue weighted by molar-refractivity contribution is 0.0686. The summed E-state index contributed by atoms with van der Waals surface area (Å²) in [6.07, 6.45) is 3.35. The summed E-state index contributed by atoms with van der Waals surface area (Å²) in [6, 6.07) is 30.4. The summed E-state index contributed by atoms with van der Waals surface area (Å²) in [5, 5.41) is 20.7. The van der Waals surface area contributed by atoms with E-state index in [1.807, 2.05) is 108 Å². The van der Waals surface area contributed by atoms with E-state index < -0.39 is 11.9 Å². The van der Waals surface area contributed by atoms with Crippen molar-refractivity contribution in [2.45, 2.75) is 27.1 Å². The molecule has 0 fully saturated rings. The standard InChI is InChI=1S/2C21H18N2O4S/c1-13-5-3-4-6-14(13)11-27-18-10-19(28-20(18)21(24)25)23-12-22-16-9-15(26-2)7-8-17(16)23;1-13-5-3-4-6-14(13)11-27-18-10-19(28-20(18)21(24)25)23-12-22-16-8-7-15(26-2)9-17(16)23/h2*3-10,12H,11H2,1-2H3,(H,24,25). The second kappa shape index (κ2) is 16.4. The molecule has 2 N–H and O–H groups in total. The molecule has 0 bridgehead atoms. The minimum atomic E-state index is -1.02. The van der Waals surface area contributed by atoms with Crippen molar-refractivity contribution in [3.05, 3.63) is 142 Å². The molecule has 0 saturated carbocycles. The molecule has 0 radical (unpaired) electrons. The van der Waals surface area contributed by atoms with E-state index in [-0.39, 0.29) is 9.75 Å². The van der Waals surface area contributed by atoms with Crippen LogP contribution < -0.4 is 18.9 Å². The van der Waals surface area contributed by atoms with E-state index in [4.69, 9.17) is 18.9 Å². The van der Waals surface area contributed by atoms with Crippen molar-refractivity contribution in [1.82, 2.24) is 19.1 Å². The van der Waals surface area contributed by atoms with Crippen LogP contribution in [0, 0.1) is 13.8 Å². The molecule has 0 spiro atoms. The number of ether oxygens (including phenoxy) is 4. The second-order valence-electron chi connectivity index (χ2n) is 12.5. The van der Waals surface area contributed by atoms with Gasteiger partial charge in [-0.2, -0.15) is 0 Å². The number of carbonyl (C=O) groups is 2. The maximum atomic E-state index is 11.7. The number of carboxylic acids is 2. The smallest absolute Gasteiger partial charge is 0.349 e. The van der Waals surface area contributed by atoms with Crippen molar-refractivity contribution in [2.75, 3.05) is 14.2 Å². The van der Waals surface area contributed by atoms with Gasteiger partial charge in [0.25, 0.3) is 0 Å². The zero-order chi connectivity index (χ0) is 39.3. The maximum Gasteiger partial charge on any atom is 0.349 e. The van der Waals surface area contributed by atoms with Gasteiger partial charge in [-0.05, 0) is 60.4 Å². The molecule has 0 amide bonds. The Morgan fingerprint density at radius 2 is 1.09 bits per heavy atom. The van der Waals surface area contributed by atoms with E-state index in [0.29, 0.717) is 35.5 Å². The molecule has 0 aliphatic rings. The molecule has 4 aromatic carbocycles. The highest BCUT2D eigenvalue weighted by molar-refractivity contribution is 7.17. The van der Waals surface area contributed by atoms with Crippen LogP contribution in [0.5, 0.6) is 23.0 Å². The minimum absolute atomic E-state index is 0.160. The van der Waals surface area contributed by atoms with Gasteiger partial charge in [-0.3, -0.25) is 9.13 Å². The monoisotopic (exact) mass is 788 g/mol. The van der Waals surface area contributed by atoms with Crippen molar-refractivity contribution >= 4 is 56.7 Å². The molecule has 56 heavy (non-hydrogen) atoms. The Bertz CT molecular complexity index is 2690. The van der Waals surface area contributed by atoms with Crippen LogP contribution in [0.1, 0.15) is 41.6 Å². The lowest BCUT2D eigenvalue weighted by atomic mass is 10.1. The van der Waals surface area contributed by atoms with Gasteiger partial charge in [0.2, 0.25) is 0 Å². The number of nitrogens with zero attached hydrogens (tertiary/aromatic N) is 4. The zero-order valence-electron chi connectivity index (χ0n) is 30.8. The number of rotatable bonds is 12. The van der Waals surface area contributed by atoms with E-state index in [0.717, 1.165) is 77.7 Å². The summed E-state index contributed by atoms with van der Waals surface area (Å²) in [4.78, 5) is 32.6. The number of imidazole rings is 2. The molecule has 0 aliphatic carbocycles. The molecule has 12 nitrogen and oxygen atoms in total. The van der Waals surface area contributed by atoms with Gasteiger partial charge in [-0.15, -0.1) is 22.7 Å². The molecule has 0 unspecified atom stereocenters. The van der Waals surface area contributed by atoms with Crippen LogP contribution in [0.4, 0.5) is 0 Å². The SMILES string of the molecule is COc1ccc2c(c1)ncn2-c1cc(OCc2ccccc2C)c(C(=O)O)s1.COc1ccc2ncn(-c3cc(OCc4ccccc4C)c(C(=O)O)s3)c2c1. The Labute approximate surface area is 329 Å². The van der Waals surface area contributed by atoms with Crippen LogP contribution in [0.15, 0.2) is 110 Å². The molecule has 0 aliphatic heterocycles. The predicted molar refractivity (Wildman–Crippen MR) is 216 cm³/mol. The molecule has 0 saturated heterocycles. The number of carboxylic acid groups (broad SMARTS) is 2. The van der Waals surface area contributed by atoms with Crippen molar-refractivity contribution in [1.29, 1.82) is 0 Å². The molecule has 14 heteroatoms. The lowest BCUT2D eigenvalue weighted by Crippen LogP contribution is -2.01. The Balaban J connectivity index is 0.000000172. The number of benzene rings is 4. The molecule has 8 aromatic rings. The highest BCUT2D eigenvalue weighted by Crippen LogP contribution is 2.36. The Hall–Kier alpha value is -6.64. The third-order valence-electron chi connectivity index (χ3n) is 9.03. The van der Waals surface area contributed by atoms with Gasteiger partial charge < -0.3 is 29.2 Å². The maximum absolute atomic E-state index is 11.7. The fourth-order valence-electron chi connectivity index (χ4n) is 5.91. The normalized spacial score (nSPS) is 10.9. The number of hydrogen-bond donors (Lipinski definition) is 2.